The number of ether oxygens (including phenoxy) is 1. The molecule has 16 heavy (non-hydrogen) atoms. The standard InChI is InChI=1S/C11H12ClNO3/c1-13(10(14)7-12)9-6-4-3-5-8(9)11(15)16-2/h3-6H,7H2,1-2H3. The van der Waals surface area contributed by atoms with Gasteiger partial charge in [0.2, 0.25) is 5.91 Å². The van der Waals surface area contributed by atoms with E-state index in [2.05, 4.69) is 4.74 Å². The molecule has 86 valence electrons. The molecule has 0 atom stereocenters. The van der Waals surface area contributed by atoms with Crippen LogP contribution >= 0.6 is 11.6 Å². The molecule has 0 saturated heterocycles. The molecule has 0 aliphatic heterocycles. The fraction of sp³-hybridized carbons (Fsp3) is 0.273. The molecule has 5 heteroatoms. The normalized spacial score (nSPS) is 9.69. The Hall–Kier alpha value is -1.55. The van der Waals surface area contributed by atoms with Crippen LogP contribution in [0.4, 0.5) is 5.69 Å². The molecule has 0 aliphatic carbocycles. The highest BCUT2D eigenvalue weighted by atomic mass is 35.5. The zero-order valence-corrected chi connectivity index (χ0v) is 9.82. The van der Waals surface area contributed by atoms with Crippen LogP contribution in [0.1, 0.15) is 10.4 Å². The number of halogens is 1. The third-order valence-corrected chi connectivity index (χ3v) is 2.39. The molecular weight excluding hydrogens is 230 g/mol. The number of esters is 1. The number of para-hydroxylation sites is 1. The SMILES string of the molecule is COC(=O)c1ccccc1N(C)C(=O)CCl. The van der Waals surface area contributed by atoms with E-state index in [1.54, 1.807) is 31.3 Å². The predicted molar refractivity (Wildman–Crippen MR) is 61.9 cm³/mol. The lowest BCUT2D eigenvalue weighted by Gasteiger charge is -2.18. The van der Waals surface area contributed by atoms with Gasteiger partial charge in [-0.2, -0.15) is 0 Å². The maximum Gasteiger partial charge on any atom is 0.339 e. The van der Waals surface area contributed by atoms with E-state index in [9.17, 15) is 9.59 Å². The van der Waals surface area contributed by atoms with Crippen molar-refractivity contribution in [2.24, 2.45) is 0 Å². The van der Waals surface area contributed by atoms with Crippen LogP contribution in [-0.4, -0.2) is 31.9 Å². The molecule has 0 radical (unpaired) electrons. The van der Waals surface area contributed by atoms with Crippen LogP contribution in [0.5, 0.6) is 0 Å². The van der Waals surface area contributed by atoms with Crippen LogP contribution < -0.4 is 4.90 Å². The maximum atomic E-state index is 11.5. The molecule has 0 spiro atoms. The van der Waals surface area contributed by atoms with Gasteiger partial charge in [-0.25, -0.2) is 4.79 Å². The molecule has 1 aromatic carbocycles. The van der Waals surface area contributed by atoms with Crippen LogP contribution in [0.2, 0.25) is 0 Å². The van der Waals surface area contributed by atoms with Crippen LogP contribution in [0.15, 0.2) is 24.3 Å². The number of hydrogen-bond donors (Lipinski definition) is 0. The summed E-state index contributed by atoms with van der Waals surface area (Å²) in [7, 11) is 2.86. The van der Waals surface area contributed by atoms with Crippen molar-refractivity contribution in [3.63, 3.8) is 0 Å². The fourth-order valence-corrected chi connectivity index (χ4v) is 1.45. The average Bonchev–Trinajstić information content (AvgIpc) is 2.35. The van der Waals surface area contributed by atoms with Crippen molar-refractivity contribution in [3.05, 3.63) is 29.8 Å². The van der Waals surface area contributed by atoms with E-state index in [4.69, 9.17) is 11.6 Å². The first kappa shape index (κ1) is 12.5. The second-order valence-corrected chi connectivity index (χ2v) is 3.36. The van der Waals surface area contributed by atoms with Gasteiger partial charge in [0.25, 0.3) is 0 Å². The topological polar surface area (TPSA) is 46.6 Å². The Morgan fingerprint density at radius 1 is 1.38 bits per heavy atom. The van der Waals surface area contributed by atoms with Crippen molar-refractivity contribution in [1.82, 2.24) is 0 Å². The molecule has 4 nitrogen and oxygen atoms in total. The summed E-state index contributed by atoms with van der Waals surface area (Å²) in [6, 6.07) is 6.70. The lowest BCUT2D eigenvalue weighted by Crippen LogP contribution is -2.28. The first-order chi connectivity index (χ1) is 7.61. The van der Waals surface area contributed by atoms with E-state index in [0.717, 1.165) is 0 Å². The van der Waals surface area contributed by atoms with Crippen LogP contribution in [0.25, 0.3) is 0 Å². The molecule has 0 bridgehead atoms. The number of nitrogens with zero attached hydrogens (tertiary/aromatic N) is 1. The summed E-state index contributed by atoms with van der Waals surface area (Å²) in [6.07, 6.45) is 0. The molecule has 0 saturated carbocycles. The van der Waals surface area contributed by atoms with Crippen molar-refractivity contribution in [3.8, 4) is 0 Å². The second kappa shape index (κ2) is 5.51. The van der Waals surface area contributed by atoms with E-state index < -0.39 is 5.97 Å². The third kappa shape index (κ3) is 2.52. The number of hydrogen-bond acceptors (Lipinski definition) is 3. The van der Waals surface area contributed by atoms with Crippen molar-refractivity contribution >= 4 is 29.2 Å². The monoisotopic (exact) mass is 241 g/mol. The summed E-state index contributed by atoms with van der Waals surface area (Å²) < 4.78 is 4.63. The maximum absolute atomic E-state index is 11.5. The molecule has 1 amide bonds. The van der Waals surface area contributed by atoms with Crippen LogP contribution in [-0.2, 0) is 9.53 Å². The minimum absolute atomic E-state index is 0.133. The number of anilines is 1. The Bertz CT molecular complexity index is 406. The van der Waals surface area contributed by atoms with Gasteiger partial charge in [-0.05, 0) is 12.1 Å². The van der Waals surface area contributed by atoms with Crippen molar-refractivity contribution in [1.29, 1.82) is 0 Å². The molecule has 1 aromatic rings. The zero-order valence-electron chi connectivity index (χ0n) is 9.07. The molecule has 0 aromatic heterocycles. The number of rotatable bonds is 3. The number of methoxy groups -OCH3 is 1. The first-order valence-corrected chi connectivity index (χ1v) is 5.15. The van der Waals surface area contributed by atoms with Crippen molar-refractivity contribution in [2.75, 3.05) is 24.9 Å². The van der Waals surface area contributed by atoms with Crippen molar-refractivity contribution < 1.29 is 14.3 Å². The number of benzene rings is 1. The third-order valence-electron chi connectivity index (χ3n) is 2.16. The molecule has 1 rings (SSSR count). The lowest BCUT2D eigenvalue weighted by molar-refractivity contribution is -0.116. The Morgan fingerprint density at radius 2 is 2.00 bits per heavy atom. The summed E-state index contributed by atoms with van der Waals surface area (Å²) in [5.74, 6) is -0.894. The van der Waals surface area contributed by atoms with Gasteiger partial charge in [0.05, 0.1) is 18.4 Å². The Balaban J connectivity index is 3.13. The first-order valence-electron chi connectivity index (χ1n) is 4.61. The van der Waals surface area contributed by atoms with Gasteiger partial charge in [0, 0.05) is 7.05 Å². The van der Waals surface area contributed by atoms with E-state index in [1.165, 1.54) is 12.0 Å². The van der Waals surface area contributed by atoms with Crippen LogP contribution in [0, 0.1) is 0 Å². The smallest absolute Gasteiger partial charge is 0.339 e. The van der Waals surface area contributed by atoms with Crippen molar-refractivity contribution in [2.45, 2.75) is 0 Å². The molecule has 0 N–H and O–H groups in total. The minimum Gasteiger partial charge on any atom is -0.465 e. The number of amides is 1. The lowest BCUT2D eigenvalue weighted by atomic mass is 10.1. The summed E-state index contributed by atoms with van der Waals surface area (Å²) in [5.41, 5.74) is 0.825. The predicted octanol–water partition coefficient (Wildman–Crippen LogP) is 1.67. The van der Waals surface area contributed by atoms with Gasteiger partial charge < -0.3 is 9.64 Å². The Labute approximate surface area is 98.8 Å². The highest BCUT2D eigenvalue weighted by molar-refractivity contribution is 6.29. The highest BCUT2D eigenvalue weighted by Gasteiger charge is 2.17. The summed E-state index contributed by atoms with van der Waals surface area (Å²) in [5, 5.41) is 0. The molecule has 0 unspecified atom stereocenters. The fourth-order valence-electron chi connectivity index (χ4n) is 1.27. The Morgan fingerprint density at radius 3 is 2.56 bits per heavy atom. The number of alkyl halides is 1. The van der Waals surface area contributed by atoms with E-state index in [-0.39, 0.29) is 11.8 Å². The van der Waals surface area contributed by atoms with Gasteiger partial charge >= 0.3 is 5.97 Å². The van der Waals surface area contributed by atoms with Gasteiger partial charge in [0.1, 0.15) is 5.88 Å². The minimum atomic E-state index is -0.482. The molecule has 0 fully saturated rings. The largest absolute Gasteiger partial charge is 0.465 e. The van der Waals surface area contributed by atoms with Gasteiger partial charge in [-0.1, -0.05) is 12.1 Å². The van der Waals surface area contributed by atoms with Gasteiger partial charge in [0.15, 0.2) is 0 Å². The average molecular weight is 242 g/mol. The van der Waals surface area contributed by atoms with E-state index in [1.807, 2.05) is 0 Å². The van der Waals surface area contributed by atoms with E-state index in [0.29, 0.717) is 11.3 Å². The highest BCUT2D eigenvalue weighted by Crippen LogP contribution is 2.20. The molecule has 0 aliphatic rings. The summed E-state index contributed by atoms with van der Waals surface area (Å²) in [6.45, 7) is 0. The van der Waals surface area contributed by atoms with Crippen LogP contribution in [0.3, 0.4) is 0 Å². The van der Waals surface area contributed by atoms with E-state index >= 15 is 0 Å². The molecule has 0 heterocycles. The number of carbonyl (C=O) groups is 2. The number of carbonyl (C=O) groups excluding carboxylic acids is 2. The quantitative estimate of drug-likeness (QED) is 0.598. The van der Waals surface area contributed by atoms with Gasteiger partial charge in [-0.3, -0.25) is 4.79 Å². The summed E-state index contributed by atoms with van der Waals surface area (Å²) >= 11 is 5.46. The second-order valence-electron chi connectivity index (χ2n) is 3.10. The van der Waals surface area contributed by atoms with Gasteiger partial charge in [-0.15, -0.1) is 11.6 Å². The Kier molecular flexibility index (Phi) is 4.31. The molecular formula is C11H12ClNO3. The summed E-state index contributed by atoms with van der Waals surface area (Å²) in [4.78, 5) is 24.2. The zero-order chi connectivity index (χ0) is 12.1.